The number of aryl methyl sites for hydroxylation is 3. The van der Waals surface area contributed by atoms with Crippen LogP contribution in [0.15, 0.2) is 23.2 Å². The molecule has 2 aromatic rings. The van der Waals surface area contributed by atoms with E-state index in [0.717, 1.165) is 16.3 Å². The Morgan fingerprint density at radius 2 is 1.95 bits per heavy atom. The summed E-state index contributed by atoms with van der Waals surface area (Å²) in [6.45, 7) is 6.53. The maximum Gasteiger partial charge on any atom is 0.193 e. The highest BCUT2D eigenvalue weighted by molar-refractivity contribution is 7.05. The quantitative estimate of drug-likeness (QED) is 0.666. The second-order valence-electron chi connectivity index (χ2n) is 4.48. The fourth-order valence-electron chi connectivity index (χ4n) is 1.79. The smallest absolute Gasteiger partial charge is 0.193 e. The lowest BCUT2D eigenvalue weighted by Gasteiger charge is -2.07. The molecule has 2 rings (SSSR count). The number of hydrogen-bond acceptors (Lipinski definition) is 4. The normalized spacial score (nSPS) is 11.6. The Hall–Kier alpha value is -1.95. The van der Waals surface area contributed by atoms with Crippen molar-refractivity contribution in [1.29, 1.82) is 0 Å². The van der Waals surface area contributed by atoms with Gasteiger partial charge >= 0.3 is 0 Å². The summed E-state index contributed by atoms with van der Waals surface area (Å²) in [5.41, 5.74) is 10.1. The molecule has 0 spiro atoms. The van der Waals surface area contributed by atoms with Gasteiger partial charge in [0.25, 0.3) is 0 Å². The number of nitrogens with zero attached hydrogens (tertiary/aromatic N) is 3. The van der Waals surface area contributed by atoms with Crippen LogP contribution in [0.25, 0.3) is 0 Å². The first-order valence-corrected chi connectivity index (χ1v) is 6.75. The molecular weight excluding hydrogens is 258 g/mol. The van der Waals surface area contributed by atoms with Gasteiger partial charge in [-0.05, 0) is 55.6 Å². The van der Waals surface area contributed by atoms with Gasteiger partial charge in [-0.2, -0.15) is 0 Å². The Morgan fingerprint density at radius 3 is 2.53 bits per heavy atom. The third-order valence-electron chi connectivity index (χ3n) is 2.63. The molecule has 0 fully saturated rings. The van der Waals surface area contributed by atoms with Crippen molar-refractivity contribution in [1.82, 2.24) is 9.59 Å². The first-order chi connectivity index (χ1) is 9.04. The van der Waals surface area contributed by atoms with Crippen LogP contribution in [-0.4, -0.2) is 15.5 Å². The van der Waals surface area contributed by atoms with E-state index in [0.29, 0.717) is 12.5 Å². The molecule has 0 amide bonds. The number of nitrogens with one attached hydrogen (secondary N) is 1. The van der Waals surface area contributed by atoms with Gasteiger partial charge in [-0.3, -0.25) is 0 Å². The predicted molar refractivity (Wildman–Crippen MR) is 79.5 cm³/mol. The van der Waals surface area contributed by atoms with Gasteiger partial charge in [-0.25, -0.2) is 4.99 Å². The zero-order chi connectivity index (χ0) is 13.8. The largest absolute Gasteiger partial charge is 0.370 e. The molecule has 0 radical (unpaired) electrons. The number of benzene rings is 1. The molecule has 1 aromatic heterocycles. The van der Waals surface area contributed by atoms with Gasteiger partial charge < -0.3 is 11.1 Å². The summed E-state index contributed by atoms with van der Waals surface area (Å²) in [6, 6.07) is 6.19. The van der Waals surface area contributed by atoms with E-state index < -0.39 is 0 Å². The van der Waals surface area contributed by atoms with Crippen molar-refractivity contribution in [2.75, 3.05) is 5.32 Å². The van der Waals surface area contributed by atoms with Crippen molar-refractivity contribution in [3.63, 3.8) is 0 Å². The van der Waals surface area contributed by atoms with Gasteiger partial charge in [0.05, 0.1) is 17.1 Å². The van der Waals surface area contributed by atoms with Crippen molar-refractivity contribution >= 4 is 23.2 Å². The fourth-order valence-corrected chi connectivity index (χ4v) is 2.34. The molecule has 0 saturated heterocycles. The molecule has 5 nitrogen and oxygen atoms in total. The highest BCUT2D eigenvalue weighted by atomic mass is 32.1. The SMILES string of the molecule is Cc1cc(C)cc(NC(N)=NCc2snnc2C)c1. The van der Waals surface area contributed by atoms with Crippen LogP contribution in [0, 0.1) is 20.8 Å². The van der Waals surface area contributed by atoms with E-state index >= 15 is 0 Å². The average Bonchev–Trinajstić information content (AvgIpc) is 2.71. The molecule has 100 valence electrons. The minimum atomic E-state index is 0.401. The third-order valence-corrected chi connectivity index (χ3v) is 3.44. The zero-order valence-corrected chi connectivity index (χ0v) is 12.1. The lowest BCUT2D eigenvalue weighted by atomic mass is 10.1. The van der Waals surface area contributed by atoms with Crippen molar-refractivity contribution in [3.05, 3.63) is 39.9 Å². The summed E-state index contributed by atoms with van der Waals surface area (Å²) < 4.78 is 3.87. The van der Waals surface area contributed by atoms with Crippen LogP contribution < -0.4 is 11.1 Å². The molecule has 0 unspecified atom stereocenters. The molecule has 1 heterocycles. The van der Waals surface area contributed by atoms with Gasteiger partial charge in [0.15, 0.2) is 5.96 Å². The number of rotatable bonds is 3. The van der Waals surface area contributed by atoms with Crippen molar-refractivity contribution in [2.45, 2.75) is 27.3 Å². The Labute approximate surface area is 116 Å². The highest BCUT2D eigenvalue weighted by Crippen LogP contribution is 2.14. The average molecular weight is 275 g/mol. The Kier molecular flexibility index (Phi) is 4.11. The maximum absolute atomic E-state index is 5.88. The maximum atomic E-state index is 5.88. The minimum absolute atomic E-state index is 0.401. The molecule has 19 heavy (non-hydrogen) atoms. The number of aliphatic imine (C=N–C) groups is 1. The van der Waals surface area contributed by atoms with Gasteiger partial charge in [0.1, 0.15) is 0 Å². The summed E-state index contributed by atoms with van der Waals surface area (Å²) in [6.07, 6.45) is 0. The van der Waals surface area contributed by atoms with Crippen molar-refractivity contribution in [3.8, 4) is 0 Å². The summed E-state index contributed by atoms with van der Waals surface area (Å²) in [5.74, 6) is 0.401. The van der Waals surface area contributed by atoms with Crippen LogP contribution in [0.5, 0.6) is 0 Å². The lowest BCUT2D eigenvalue weighted by Crippen LogP contribution is -2.22. The van der Waals surface area contributed by atoms with E-state index in [4.69, 9.17) is 5.73 Å². The Morgan fingerprint density at radius 1 is 1.26 bits per heavy atom. The van der Waals surface area contributed by atoms with Gasteiger partial charge in [-0.1, -0.05) is 10.6 Å². The van der Waals surface area contributed by atoms with Gasteiger partial charge in [0.2, 0.25) is 0 Å². The van der Waals surface area contributed by atoms with Crippen molar-refractivity contribution < 1.29 is 0 Å². The van der Waals surface area contributed by atoms with E-state index in [-0.39, 0.29) is 0 Å². The molecule has 6 heteroatoms. The molecule has 0 aliphatic heterocycles. The minimum Gasteiger partial charge on any atom is -0.370 e. The van der Waals surface area contributed by atoms with E-state index in [2.05, 4.69) is 39.8 Å². The number of guanidine groups is 1. The van der Waals surface area contributed by atoms with Crippen LogP contribution in [0.2, 0.25) is 0 Å². The number of nitrogens with two attached hydrogens (primary N) is 1. The summed E-state index contributed by atoms with van der Waals surface area (Å²) >= 11 is 1.35. The van der Waals surface area contributed by atoms with Gasteiger partial charge in [-0.15, -0.1) is 5.10 Å². The number of hydrogen-bond donors (Lipinski definition) is 2. The molecule has 3 N–H and O–H groups in total. The first-order valence-electron chi connectivity index (χ1n) is 5.97. The van der Waals surface area contributed by atoms with Crippen LogP contribution in [0.3, 0.4) is 0 Å². The first kappa shape index (κ1) is 13.5. The Bertz CT molecular complexity index is 583. The molecule has 0 bridgehead atoms. The molecule has 0 saturated carbocycles. The van der Waals surface area contributed by atoms with Crippen LogP contribution in [0.1, 0.15) is 21.7 Å². The summed E-state index contributed by atoms with van der Waals surface area (Å²) in [5, 5.41) is 7.04. The molecule has 0 aliphatic rings. The number of anilines is 1. The molecule has 1 aromatic carbocycles. The summed E-state index contributed by atoms with van der Waals surface area (Å²) in [7, 11) is 0. The van der Waals surface area contributed by atoms with Crippen LogP contribution in [0.4, 0.5) is 5.69 Å². The lowest BCUT2D eigenvalue weighted by molar-refractivity contribution is 1.02. The Balaban J connectivity index is 2.04. The third kappa shape index (κ3) is 3.75. The molecule has 0 atom stereocenters. The fraction of sp³-hybridized carbons (Fsp3) is 0.308. The van der Waals surface area contributed by atoms with E-state index in [9.17, 15) is 0 Å². The predicted octanol–water partition coefficient (Wildman–Crippen LogP) is 2.39. The van der Waals surface area contributed by atoms with E-state index in [1.54, 1.807) is 0 Å². The van der Waals surface area contributed by atoms with E-state index in [1.165, 1.54) is 22.7 Å². The van der Waals surface area contributed by atoms with Gasteiger partial charge in [0, 0.05) is 5.69 Å². The summed E-state index contributed by atoms with van der Waals surface area (Å²) in [4.78, 5) is 5.33. The zero-order valence-electron chi connectivity index (χ0n) is 11.3. The second kappa shape index (κ2) is 5.79. The standard InChI is InChI=1S/C13H17N5S/c1-8-4-9(2)6-11(5-8)16-13(14)15-7-12-10(3)17-18-19-12/h4-6H,7H2,1-3H3,(H3,14,15,16). The highest BCUT2D eigenvalue weighted by Gasteiger charge is 2.02. The number of aromatic nitrogens is 2. The monoisotopic (exact) mass is 275 g/mol. The van der Waals surface area contributed by atoms with Crippen molar-refractivity contribution in [2.24, 2.45) is 10.7 Å². The topological polar surface area (TPSA) is 76.2 Å². The van der Waals surface area contributed by atoms with E-state index in [1.807, 2.05) is 19.1 Å². The molecular formula is C13H17N5S. The van der Waals surface area contributed by atoms with Crippen LogP contribution in [-0.2, 0) is 6.54 Å². The van der Waals surface area contributed by atoms with Crippen LogP contribution >= 0.6 is 11.5 Å². The second-order valence-corrected chi connectivity index (χ2v) is 5.32. The molecule has 0 aliphatic carbocycles.